The Bertz CT molecular complexity index is 744. The summed E-state index contributed by atoms with van der Waals surface area (Å²) in [5.74, 6) is 0. The third-order valence-electron chi connectivity index (χ3n) is 2.90. The van der Waals surface area contributed by atoms with Gasteiger partial charge in [0.15, 0.2) is 4.96 Å². The Balaban J connectivity index is 1.80. The van der Waals surface area contributed by atoms with Crippen molar-refractivity contribution in [2.75, 3.05) is 11.9 Å². The first-order chi connectivity index (χ1) is 9.76. The SMILES string of the molecule is CCCNc1cnn(Cc2cn3ccsc3n2)c(=O)c1. The van der Waals surface area contributed by atoms with Gasteiger partial charge in [0.1, 0.15) is 0 Å². The standard InChI is InChI=1S/C13H15N5OS/c1-2-3-14-10-6-12(19)18(15-7-10)9-11-8-17-4-5-20-13(17)16-11/h4-8,14H,2-3,9H2,1H3. The summed E-state index contributed by atoms with van der Waals surface area (Å²) in [6.07, 6.45) is 6.55. The Kier molecular flexibility index (Phi) is 3.51. The van der Waals surface area contributed by atoms with Crippen molar-refractivity contribution in [1.82, 2.24) is 19.2 Å². The predicted octanol–water partition coefficient (Wildman–Crippen LogP) is 1.82. The van der Waals surface area contributed by atoms with E-state index in [0.717, 1.165) is 29.3 Å². The van der Waals surface area contributed by atoms with E-state index in [1.165, 1.54) is 4.68 Å². The predicted molar refractivity (Wildman–Crippen MR) is 79.4 cm³/mol. The molecule has 0 fully saturated rings. The van der Waals surface area contributed by atoms with Crippen LogP contribution in [0.15, 0.2) is 34.8 Å². The van der Waals surface area contributed by atoms with Crippen molar-refractivity contribution < 1.29 is 0 Å². The second-order valence-corrected chi connectivity index (χ2v) is 5.37. The summed E-state index contributed by atoms with van der Waals surface area (Å²) in [6.45, 7) is 3.30. The zero-order valence-electron chi connectivity index (χ0n) is 11.1. The average molecular weight is 289 g/mol. The van der Waals surface area contributed by atoms with Crippen molar-refractivity contribution in [3.05, 3.63) is 46.1 Å². The highest BCUT2D eigenvalue weighted by molar-refractivity contribution is 7.15. The van der Waals surface area contributed by atoms with Crippen molar-refractivity contribution >= 4 is 22.0 Å². The molecule has 0 radical (unpaired) electrons. The normalized spacial score (nSPS) is 11.1. The Labute approximate surface area is 119 Å². The van der Waals surface area contributed by atoms with Crippen LogP contribution in [0, 0.1) is 0 Å². The van der Waals surface area contributed by atoms with Crippen LogP contribution in [0.25, 0.3) is 4.96 Å². The molecule has 3 aromatic heterocycles. The number of nitrogens with one attached hydrogen (secondary N) is 1. The zero-order chi connectivity index (χ0) is 13.9. The lowest BCUT2D eigenvalue weighted by atomic mass is 10.4. The number of hydrogen-bond acceptors (Lipinski definition) is 5. The largest absolute Gasteiger partial charge is 0.384 e. The van der Waals surface area contributed by atoms with E-state index in [9.17, 15) is 4.79 Å². The van der Waals surface area contributed by atoms with Crippen molar-refractivity contribution in [2.24, 2.45) is 0 Å². The third kappa shape index (κ3) is 2.57. The van der Waals surface area contributed by atoms with Gasteiger partial charge in [0, 0.05) is 30.4 Å². The van der Waals surface area contributed by atoms with Crippen LogP contribution in [-0.4, -0.2) is 25.7 Å². The van der Waals surface area contributed by atoms with Gasteiger partial charge in [-0.15, -0.1) is 11.3 Å². The second kappa shape index (κ2) is 5.46. The first-order valence-corrected chi connectivity index (χ1v) is 7.36. The molecule has 0 aliphatic rings. The van der Waals surface area contributed by atoms with Crippen LogP contribution in [0.3, 0.4) is 0 Å². The molecule has 0 bridgehead atoms. The zero-order valence-corrected chi connectivity index (χ0v) is 11.9. The van der Waals surface area contributed by atoms with Gasteiger partial charge in [-0.2, -0.15) is 5.10 Å². The third-order valence-corrected chi connectivity index (χ3v) is 3.67. The molecule has 3 heterocycles. The van der Waals surface area contributed by atoms with Gasteiger partial charge in [-0.3, -0.25) is 9.20 Å². The van der Waals surface area contributed by atoms with E-state index in [1.807, 2.05) is 22.2 Å². The molecule has 0 saturated heterocycles. The minimum absolute atomic E-state index is 0.123. The number of fused-ring (bicyclic) bond motifs is 1. The van der Waals surface area contributed by atoms with Gasteiger partial charge in [0.05, 0.1) is 24.1 Å². The summed E-state index contributed by atoms with van der Waals surface area (Å²) >= 11 is 1.57. The molecule has 3 rings (SSSR count). The monoisotopic (exact) mass is 289 g/mol. The molecule has 7 heteroatoms. The van der Waals surface area contributed by atoms with Crippen molar-refractivity contribution in [1.29, 1.82) is 0 Å². The Morgan fingerprint density at radius 1 is 1.45 bits per heavy atom. The number of hydrogen-bond donors (Lipinski definition) is 1. The second-order valence-electron chi connectivity index (χ2n) is 4.49. The molecule has 104 valence electrons. The Morgan fingerprint density at radius 2 is 2.35 bits per heavy atom. The minimum atomic E-state index is -0.123. The summed E-state index contributed by atoms with van der Waals surface area (Å²) in [6, 6.07) is 1.57. The van der Waals surface area contributed by atoms with E-state index in [1.54, 1.807) is 23.6 Å². The molecule has 0 unspecified atom stereocenters. The quantitative estimate of drug-likeness (QED) is 0.778. The maximum Gasteiger partial charge on any atom is 0.269 e. The van der Waals surface area contributed by atoms with E-state index in [-0.39, 0.29) is 5.56 Å². The first-order valence-electron chi connectivity index (χ1n) is 6.48. The molecular weight excluding hydrogens is 274 g/mol. The molecular formula is C13H15N5OS. The van der Waals surface area contributed by atoms with Gasteiger partial charge in [-0.1, -0.05) is 6.92 Å². The average Bonchev–Trinajstić information content (AvgIpc) is 3.00. The molecule has 0 aromatic carbocycles. The Hall–Kier alpha value is -2.15. The summed E-state index contributed by atoms with van der Waals surface area (Å²) < 4.78 is 3.37. The van der Waals surface area contributed by atoms with Gasteiger partial charge in [0.25, 0.3) is 5.56 Å². The van der Waals surface area contributed by atoms with Crippen molar-refractivity contribution in [2.45, 2.75) is 19.9 Å². The minimum Gasteiger partial charge on any atom is -0.384 e. The lowest BCUT2D eigenvalue weighted by Crippen LogP contribution is -2.23. The summed E-state index contributed by atoms with van der Waals surface area (Å²) in [4.78, 5) is 17.4. The molecule has 20 heavy (non-hydrogen) atoms. The smallest absolute Gasteiger partial charge is 0.269 e. The van der Waals surface area contributed by atoms with E-state index < -0.39 is 0 Å². The van der Waals surface area contributed by atoms with Crippen LogP contribution in [-0.2, 0) is 6.54 Å². The summed E-state index contributed by atoms with van der Waals surface area (Å²) in [5, 5.41) is 9.30. The number of anilines is 1. The maximum absolute atomic E-state index is 12.0. The summed E-state index contributed by atoms with van der Waals surface area (Å²) in [5.41, 5.74) is 1.47. The van der Waals surface area contributed by atoms with Gasteiger partial charge < -0.3 is 5.32 Å². The molecule has 0 aliphatic heterocycles. The van der Waals surface area contributed by atoms with Gasteiger partial charge in [-0.05, 0) is 6.42 Å². The molecule has 0 atom stereocenters. The van der Waals surface area contributed by atoms with E-state index in [2.05, 4.69) is 22.3 Å². The molecule has 0 aliphatic carbocycles. The van der Waals surface area contributed by atoms with Crippen LogP contribution in [0.5, 0.6) is 0 Å². The van der Waals surface area contributed by atoms with Gasteiger partial charge in [0.2, 0.25) is 0 Å². The number of thiazole rings is 1. The van der Waals surface area contributed by atoms with Crippen LogP contribution < -0.4 is 10.9 Å². The van der Waals surface area contributed by atoms with Crippen LogP contribution in [0.1, 0.15) is 19.0 Å². The fourth-order valence-electron chi connectivity index (χ4n) is 1.92. The fraction of sp³-hybridized carbons (Fsp3) is 0.308. The topological polar surface area (TPSA) is 64.2 Å². The van der Waals surface area contributed by atoms with Crippen LogP contribution in [0.2, 0.25) is 0 Å². The summed E-state index contributed by atoms with van der Waals surface area (Å²) in [7, 11) is 0. The molecule has 3 aromatic rings. The number of rotatable bonds is 5. The molecule has 1 N–H and O–H groups in total. The number of aromatic nitrogens is 4. The van der Waals surface area contributed by atoms with Crippen molar-refractivity contribution in [3.63, 3.8) is 0 Å². The molecule has 0 saturated carbocycles. The van der Waals surface area contributed by atoms with E-state index in [0.29, 0.717) is 6.54 Å². The first kappa shape index (κ1) is 12.9. The highest BCUT2D eigenvalue weighted by Crippen LogP contribution is 2.11. The fourth-order valence-corrected chi connectivity index (χ4v) is 2.64. The molecule has 0 amide bonds. The van der Waals surface area contributed by atoms with Crippen molar-refractivity contribution in [3.8, 4) is 0 Å². The lowest BCUT2D eigenvalue weighted by molar-refractivity contribution is 0.631. The van der Waals surface area contributed by atoms with Gasteiger partial charge >= 0.3 is 0 Å². The van der Waals surface area contributed by atoms with E-state index in [4.69, 9.17) is 0 Å². The van der Waals surface area contributed by atoms with E-state index >= 15 is 0 Å². The Morgan fingerprint density at radius 3 is 3.10 bits per heavy atom. The molecule has 0 spiro atoms. The van der Waals surface area contributed by atoms with Crippen LogP contribution >= 0.6 is 11.3 Å². The highest BCUT2D eigenvalue weighted by Gasteiger charge is 2.06. The molecule has 6 nitrogen and oxygen atoms in total. The lowest BCUT2D eigenvalue weighted by Gasteiger charge is -2.06. The number of nitrogens with zero attached hydrogens (tertiary/aromatic N) is 4. The number of imidazole rings is 1. The van der Waals surface area contributed by atoms with Gasteiger partial charge in [-0.25, -0.2) is 9.67 Å². The van der Waals surface area contributed by atoms with Crippen LogP contribution in [0.4, 0.5) is 5.69 Å². The maximum atomic E-state index is 12.0. The highest BCUT2D eigenvalue weighted by atomic mass is 32.1.